The Balaban J connectivity index is 1.46. The van der Waals surface area contributed by atoms with Crippen LogP contribution in [0.2, 0.25) is 0 Å². The Morgan fingerprint density at radius 3 is 2.87 bits per heavy atom. The summed E-state index contributed by atoms with van der Waals surface area (Å²) in [5.41, 5.74) is 11.5. The van der Waals surface area contributed by atoms with Crippen LogP contribution in [0.5, 0.6) is 0 Å². The molecule has 7 heteroatoms. The number of benzene rings is 1. The summed E-state index contributed by atoms with van der Waals surface area (Å²) >= 11 is 0. The molecule has 1 aliphatic rings. The van der Waals surface area contributed by atoms with Gasteiger partial charge in [-0.25, -0.2) is 0 Å². The fraction of sp³-hybridized carbons (Fsp3) is 0.375. The summed E-state index contributed by atoms with van der Waals surface area (Å²) in [5, 5.41) is 7.20. The van der Waals surface area contributed by atoms with Gasteiger partial charge >= 0.3 is 0 Å². The van der Waals surface area contributed by atoms with E-state index in [-0.39, 0.29) is 12.0 Å². The number of nitrogens with two attached hydrogens (primary N) is 1. The average Bonchev–Trinajstić information content (AvgIpc) is 3.34. The lowest BCUT2D eigenvalue weighted by Crippen LogP contribution is -2.61. The molecule has 1 amide bonds. The van der Waals surface area contributed by atoms with Crippen molar-refractivity contribution >= 4 is 5.91 Å². The lowest BCUT2D eigenvalue weighted by atomic mass is 10.0. The normalized spacial score (nSPS) is 20.7. The zero-order valence-corrected chi connectivity index (χ0v) is 18.3. The van der Waals surface area contributed by atoms with E-state index in [1.165, 1.54) is 11.1 Å². The number of amides is 1. The van der Waals surface area contributed by atoms with Gasteiger partial charge in [0, 0.05) is 36.8 Å². The molecule has 2 heterocycles. The first kappa shape index (κ1) is 21.2. The third-order valence-corrected chi connectivity index (χ3v) is 5.96. The van der Waals surface area contributed by atoms with Crippen LogP contribution in [0.25, 0.3) is 11.1 Å². The first-order valence-corrected chi connectivity index (χ1v) is 10.6. The summed E-state index contributed by atoms with van der Waals surface area (Å²) in [6.45, 7) is 4.62. The van der Waals surface area contributed by atoms with Gasteiger partial charge in [-0.3, -0.25) is 14.5 Å². The van der Waals surface area contributed by atoms with E-state index in [2.05, 4.69) is 47.4 Å². The van der Waals surface area contributed by atoms with Crippen molar-refractivity contribution in [2.45, 2.75) is 51.5 Å². The molecule has 0 unspecified atom stereocenters. The molecule has 162 valence electrons. The largest absolute Gasteiger partial charge is 0.370 e. The Morgan fingerprint density at radius 1 is 1.26 bits per heavy atom. The SMILES string of the molecule is Cc1ccc(C)c(CO[C@H]2CCC[C@]2(N)NC(=O)c2cncc(-c3cnn(C)c3)c2)c1. The Hall–Kier alpha value is -3.03. The quantitative estimate of drug-likeness (QED) is 0.598. The van der Waals surface area contributed by atoms with Crippen molar-refractivity contribution < 1.29 is 9.53 Å². The molecule has 1 fully saturated rings. The van der Waals surface area contributed by atoms with Crippen molar-refractivity contribution in [2.75, 3.05) is 0 Å². The molecule has 0 saturated heterocycles. The molecule has 7 nitrogen and oxygen atoms in total. The number of hydrogen-bond acceptors (Lipinski definition) is 5. The van der Waals surface area contributed by atoms with Crippen LogP contribution in [-0.2, 0) is 18.4 Å². The second kappa shape index (κ2) is 8.61. The Labute approximate surface area is 182 Å². The highest BCUT2D eigenvalue weighted by atomic mass is 16.5. The molecule has 0 spiro atoms. The minimum atomic E-state index is -0.904. The second-order valence-electron chi connectivity index (χ2n) is 8.48. The number of rotatable bonds is 6. The topological polar surface area (TPSA) is 95.1 Å². The third kappa shape index (κ3) is 4.68. The summed E-state index contributed by atoms with van der Waals surface area (Å²) in [6.07, 6.45) is 9.06. The molecule has 1 aliphatic carbocycles. The fourth-order valence-electron chi connectivity index (χ4n) is 4.10. The molecule has 3 aromatic rings. The minimum absolute atomic E-state index is 0.245. The van der Waals surface area contributed by atoms with Crippen molar-refractivity contribution in [3.05, 3.63) is 71.3 Å². The molecular formula is C24H29N5O2. The van der Waals surface area contributed by atoms with E-state index in [9.17, 15) is 4.79 Å². The van der Waals surface area contributed by atoms with Crippen LogP contribution >= 0.6 is 0 Å². The van der Waals surface area contributed by atoms with Crippen molar-refractivity contribution in [2.24, 2.45) is 12.8 Å². The lowest BCUT2D eigenvalue weighted by molar-refractivity contribution is -0.00603. The third-order valence-electron chi connectivity index (χ3n) is 5.96. The molecule has 0 bridgehead atoms. The van der Waals surface area contributed by atoms with Gasteiger partial charge in [0.2, 0.25) is 0 Å². The number of ether oxygens (including phenoxy) is 1. The average molecular weight is 420 g/mol. The highest BCUT2D eigenvalue weighted by Gasteiger charge is 2.42. The Kier molecular flexibility index (Phi) is 5.89. The second-order valence-corrected chi connectivity index (χ2v) is 8.48. The monoisotopic (exact) mass is 419 g/mol. The van der Waals surface area contributed by atoms with Crippen LogP contribution in [0.3, 0.4) is 0 Å². The van der Waals surface area contributed by atoms with Crippen molar-refractivity contribution in [3.8, 4) is 11.1 Å². The molecule has 2 atom stereocenters. The molecule has 1 saturated carbocycles. The number of carbonyl (C=O) groups is 1. The molecule has 1 aromatic carbocycles. The maximum atomic E-state index is 13.0. The number of nitrogens with zero attached hydrogens (tertiary/aromatic N) is 3. The summed E-state index contributed by atoms with van der Waals surface area (Å²) in [6, 6.07) is 8.14. The van der Waals surface area contributed by atoms with Crippen LogP contribution in [0, 0.1) is 13.8 Å². The van der Waals surface area contributed by atoms with Crippen LogP contribution in [0.4, 0.5) is 0 Å². The number of carbonyl (C=O) groups excluding carboxylic acids is 1. The number of hydrogen-bond donors (Lipinski definition) is 2. The zero-order valence-electron chi connectivity index (χ0n) is 18.3. The smallest absolute Gasteiger partial charge is 0.254 e. The van der Waals surface area contributed by atoms with Gasteiger partial charge in [-0.05, 0) is 50.3 Å². The standard InChI is InChI=1S/C24H29N5O2/c1-16-6-7-17(2)20(9-16)15-31-22-5-4-8-24(22,25)28-23(30)19-10-18(11-26-12-19)21-13-27-29(3)14-21/h6-7,9-14,22H,4-5,8,15,25H2,1-3H3,(H,28,30)/t22-,24-/m0/s1. The molecule has 0 radical (unpaired) electrons. The molecule has 3 N–H and O–H groups in total. The number of pyridine rings is 1. The molecule has 2 aromatic heterocycles. The van der Waals surface area contributed by atoms with Gasteiger partial charge in [-0.2, -0.15) is 5.10 Å². The van der Waals surface area contributed by atoms with Crippen LogP contribution in [-0.4, -0.2) is 32.4 Å². The van der Waals surface area contributed by atoms with E-state index in [1.807, 2.05) is 19.3 Å². The molecule has 31 heavy (non-hydrogen) atoms. The minimum Gasteiger partial charge on any atom is -0.370 e. The highest BCUT2D eigenvalue weighted by Crippen LogP contribution is 2.30. The molecule has 0 aliphatic heterocycles. The van der Waals surface area contributed by atoms with Gasteiger partial charge in [0.25, 0.3) is 5.91 Å². The lowest BCUT2D eigenvalue weighted by Gasteiger charge is -2.32. The van der Waals surface area contributed by atoms with Gasteiger partial charge in [0.1, 0.15) is 5.66 Å². The Bertz CT molecular complexity index is 1090. The fourth-order valence-corrected chi connectivity index (χ4v) is 4.10. The van der Waals surface area contributed by atoms with E-state index >= 15 is 0 Å². The van der Waals surface area contributed by atoms with Crippen molar-refractivity contribution in [1.82, 2.24) is 20.1 Å². The van der Waals surface area contributed by atoms with Crippen molar-refractivity contribution in [1.29, 1.82) is 0 Å². The molecule has 4 rings (SSSR count). The van der Waals surface area contributed by atoms with Gasteiger partial charge in [-0.1, -0.05) is 23.8 Å². The number of nitrogens with one attached hydrogen (secondary N) is 1. The van der Waals surface area contributed by atoms with Crippen LogP contribution in [0.15, 0.2) is 49.1 Å². The first-order valence-electron chi connectivity index (χ1n) is 10.6. The predicted octanol–water partition coefficient (Wildman–Crippen LogP) is 3.25. The number of aromatic nitrogens is 3. The maximum absolute atomic E-state index is 13.0. The molecular weight excluding hydrogens is 390 g/mol. The van der Waals surface area contributed by atoms with E-state index in [0.29, 0.717) is 18.6 Å². The van der Waals surface area contributed by atoms with Gasteiger partial charge in [0.15, 0.2) is 0 Å². The van der Waals surface area contributed by atoms with Crippen LogP contribution < -0.4 is 11.1 Å². The van der Waals surface area contributed by atoms with Gasteiger partial charge < -0.3 is 15.8 Å². The highest BCUT2D eigenvalue weighted by molar-refractivity contribution is 5.95. The summed E-state index contributed by atoms with van der Waals surface area (Å²) in [4.78, 5) is 17.2. The van der Waals surface area contributed by atoms with E-state index in [0.717, 1.165) is 29.5 Å². The maximum Gasteiger partial charge on any atom is 0.254 e. The van der Waals surface area contributed by atoms with Gasteiger partial charge in [0.05, 0.1) is 24.5 Å². The van der Waals surface area contributed by atoms with Gasteiger partial charge in [-0.15, -0.1) is 0 Å². The number of aryl methyl sites for hydroxylation is 3. The van der Waals surface area contributed by atoms with E-state index in [1.54, 1.807) is 23.3 Å². The van der Waals surface area contributed by atoms with E-state index in [4.69, 9.17) is 10.5 Å². The van der Waals surface area contributed by atoms with E-state index < -0.39 is 5.66 Å². The Morgan fingerprint density at radius 2 is 2.10 bits per heavy atom. The predicted molar refractivity (Wildman–Crippen MR) is 119 cm³/mol. The summed E-state index contributed by atoms with van der Waals surface area (Å²) in [7, 11) is 1.85. The summed E-state index contributed by atoms with van der Waals surface area (Å²) < 4.78 is 7.92. The first-order chi connectivity index (χ1) is 14.8. The zero-order chi connectivity index (χ0) is 22.0. The summed E-state index contributed by atoms with van der Waals surface area (Å²) in [5.74, 6) is -0.247. The van der Waals surface area contributed by atoms with Crippen LogP contribution in [0.1, 0.15) is 46.3 Å². The van der Waals surface area contributed by atoms with Crippen molar-refractivity contribution in [3.63, 3.8) is 0 Å².